The minimum absolute atomic E-state index is 0.183. The number of anilines is 1. The minimum atomic E-state index is -0.266. The Morgan fingerprint density at radius 1 is 1.04 bits per heavy atom. The first-order chi connectivity index (χ1) is 13.6. The van der Waals surface area contributed by atoms with Gasteiger partial charge >= 0.3 is 0 Å². The Bertz CT molecular complexity index is 942. The summed E-state index contributed by atoms with van der Waals surface area (Å²) in [4.78, 5) is 21.8. The van der Waals surface area contributed by atoms with Gasteiger partial charge in [0.2, 0.25) is 0 Å². The highest BCUT2D eigenvalue weighted by Gasteiger charge is 2.14. The van der Waals surface area contributed by atoms with E-state index in [9.17, 15) is 4.79 Å². The number of rotatable bonds is 7. The summed E-state index contributed by atoms with van der Waals surface area (Å²) in [6.07, 6.45) is 0. The van der Waals surface area contributed by atoms with Crippen molar-refractivity contribution in [2.75, 3.05) is 12.4 Å². The lowest BCUT2D eigenvalue weighted by molar-refractivity contribution is 0.0945. The molecular weight excluding hydrogens is 352 g/mol. The van der Waals surface area contributed by atoms with Crippen LogP contribution in [0.3, 0.4) is 0 Å². The van der Waals surface area contributed by atoms with Gasteiger partial charge in [-0.1, -0.05) is 48.5 Å². The fourth-order valence-corrected chi connectivity index (χ4v) is 2.76. The fraction of sp³-hybridized carbons (Fsp3) is 0.227. The van der Waals surface area contributed by atoms with Crippen LogP contribution < -0.4 is 15.4 Å². The van der Waals surface area contributed by atoms with E-state index in [1.54, 1.807) is 13.2 Å². The van der Waals surface area contributed by atoms with Crippen molar-refractivity contribution >= 4 is 11.7 Å². The van der Waals surface area contributed by atoms with Crippen LogP contribution in [0.1, 0.15) is 29.9 Å². The summed E-state index contributed by atoms with van der Waals surface area (Å²) in [7, 11) is 1.61. The first-order valence-corrected chi connectivity index (χ1v) is 9.18. The van der Waals surface area contributed by atoms with E-state index in [2.05, 4.69) is 20.6 Å². The molecule has 1 amide bonds. The maximum absolute atomic E-state index is 12.8. The van der Waals surface area contributed by atoms with Crippen molar-refractivity contribution in [3.8, 4) is 17.1 Å². The van der Waals surface area contributed by atoms with Crippen molar-refractivity contribution in [1.82, 2.24) is 15.3 Å². The third-order valence-corrected chi connectivity index (χ3v) is 4.06. The number of aromatic nitrogens is 2. The standard InChI is InChI=1S/C22H24N4O2/c1-15(2)24-20-13-18(25-21(26-20)16-9-5-4-6-10-16)22(27)23-14-17-11-7-8-12-19(17)28-3/h4-13,15H,14H2,1-3H3,(H,23,27)(H,24,25,26). The maximum atomic E-state index is 12.8. The Kier molecular flexibility index (Phi) is 6.22. The zero-order valence-electron chi connectivity index (χ0n) is 16.3. The summed E-state index contributed by atoms with van der Waals surface area (Å²) in [6, 6.07) is 19.1. The number of ether oxygens (including phenoxy) is 1. The Balaban J connectivity index is 1.86. The summed E-state index contributed by atoms with van der Waals surface area (Å²) >= 11 is 0. The lowest BCUT2D eigenvalue weighted by Crippen LogP contribution is -2.25. The van der Waals surface area contributed by atoms with Gasteiger partial charge in [0.15, 0.2) is 5.82 Å². The van der Waals surface area contributed by atoms with Crippen LogP contribution >= 0.6 is 0 Å². The summed E-state index contributed by atoms with van der Waals surface area (Å²) in [5, 5.41) is 6.16. The van der Waals surface area contributed by atoms with Crippen molar-refractivity contribution in [3.63, 3.8) is 0 Å². The number of nitrogens with zero attached hydrogens (tertiary/aromatic N) is 2. The number of carbonyl (C=O) groups is 1. The highest BCUT2D eigenvalue weighted by atomic mass is 16.5. The molecule has 0 aliphatic heterocycles. The Labute approximate surface area is 165 Å². The van der Waals surface area contributed by atoms with Crippen LogP contribution in [-0.4, -0.2) is 29.0 Å². The summed E-state index contributed by atoms with van der Waals surface area (Å²) in [5.41, 5.74) is 2.07. The molecule has 144 valence electrons. The van der Waals surface area contributed by atoms with Crippen LogP contribution in [0.15, 0.2) is 60.7 Å². The van der Waals surface area contributed by atoms with E-state index in [4.69, 9.17) is 4.74 Å². The van der Waals surface area contributed by atoms with E-state index in [-0.39, 0.29) is 11.9 Å². The number of para-hydroxylation sites is 1. The zero-order chi connectivity index (χ0) is 19.9. The quantitative estimate of drug-likeness (QED) is 0.654. The van der Waals surface area contributed by atoms with Crippen molar-refractivity contribution in [2.24, 2.45) is 0 Å². The van der Waals surface area contributed by atoms with Crippen molar-refractivity contribution in [1.29, 1.82) is 0 Å². The van der Waals surface area contributed by atoms with Crippen LogP contribution in [0.5, 0.6) is 5.75 Å². The normalized spacial score (nSPS) is 10.6. The average molecular weight is 376 g/mol. The molecule has 0 aliphatic rings. The second kappa shape index (κ2) is 8.99. The van der Waals surface area contributed by atoms with E-state index >= 15 is 0 Å². The van der Waals surface area contributed by atoms with Crippen molar-refractivity contribution < 1.29 is 9.53 Å². The molecule has 0 saturated heterocycles. The molecule has 3 aromatic rings. The largest absolute Gasteiger partial charge is 0.496 e. The van der Waals surface area contributed by atoms with E-state index in [1.807, 2.05) is 68.4 Å². The average Bonchev–Trinajstić information content (AvgIpc) is 2.72. The van der Waals surface area contributed by atoms with Gasteiger partial charge in [-0.05, 0) is 19.9 Å². The van der Waals surface area contributed by atoms with Crippen molar-refractivity contribution in [2.45, 2.75) is 26.4 Å². The SMILES string of the molecule is COc1ccccc1CNC(=O)c1cc(NC(C)C)nc(-c2ccccc2)n1. The van der Waals surface area contributed by atoms with Gasteiger partial charge in [0.1, 0.15) is 17.3 Å². The Morgan fingerprint density at radius 2 is 1.75 bits per heavy atom. The van der Waals surface area contributed by atoms with E-state index < -0.39 is 0 Å². The van der Waals surface area contributed by atoms with Gasteiger partial charge in [-0.15, -0.1) is 0 Å². The van der Waals surface area contributed by atoms with Crippen LogP contribution in [0, 0.1) is 0 Å². The number of amides is 1. The molecular formula is C22H24N4O2. The fourth-order valence-electron chi connectivity index (χ4n) is 2.76. The van der Waals surface area contributed by atoms with Gasteiger partial charge in [-0.3, -0.25) is 4.79 Å². The van der Waals surface area contributed by atoms with Crippen LogP contribution in [0.4, 0.5) is 5.82 Å². The molecule has 0 saturated carbocycles. The second-order valence-electron chi connectivity index (χ2n) is 6.62. The molecule has 0 bridgehead atoms. The smallest absolute Gasteiger partial charge is 0.270 e. The van der Waals surface area contributed by atoms with Crippen LogP contribution in [-0.2, 0) is 6.54 Å². The Morgan fingerprint density at radius 3 is 2.46 bits per heavy atom. The van der Waals surface area contributed by atoms with Gasteiger partial charge in [0, 0.05) is 29.8 Å². The molecule has 0 fully saturated rings. The third-order valence-electron chi connectivity index (χ3n) is 4.06. The molecule has 6 heteroatoms. The van der Waals surface area contributed by atoms with Gasteiger partial charge in [0.25, 0.3) is 5.91 Å². The van der Waals surface area contributed by atoms with Gasteiger partial charge < -0.3 is 15.4 Å². The molecule has 0 atom stereocenters. The number of hydrogen-bond acceptors (Lipinski definition) is 5. The molecule has 28 heavy (non-hydrogen) atoms. The number of benzene rings is 2. The molecule has 0 spiro atoms. The molecule has 2 aromatic carbocycles. The van der Waals surface area contributed by atoms with Gasteiger partial charge in [0.05, 0.1) is 7.11 Å². The second-order valence-corrected chi connectivity index (χ2v) is 6.62. The molecule has 0 radical (unpaired) electrons. The molecule has 2 N–H and O–H groups in total. The Hall–Kier alpha value is -3.41. The number of methoxy groups -OCH3 is 1. The summed E-state index contributed by atoms with van der Waals surface area (Å²) < 4.78 is 5.34. The van der Waals surface area contributed by atoms with Crippen LogP contribution in [0.25, 0.3) is 11.4 Å². The van der Waals surface area contributed by atoms with E-state index in [0.29, 0.717) is 23.9 Å². The first-order valence-electron chi connectivity index (χ1n) is 9.18. The lowest BCUT2D eigenvalue weighted by Gasteiger charge is -2.13. The topological polar surface area (TPSA) is 76.1 Å². The molecule has 1 aromatic heterocycles. The number of nitrogens with one attached hydrogen (secondary N) is 2. The first kappa shape index (κ1) is 19.4. The summed E-state index contributed by atoms with van der Waals surface area (Å²) in [5.74, 6) is 1.59. The van der Waals surface area contributed by atoms with Gasteiger partial charge in [-0.2, -0.15) is 0 Å². The third kappa shape index (κ3) is 4.85. The predicted molar refractivity (Wildman–Crippen MR) is 110 cm³/mol. The molecule has 0 unspecified atom stereocenters. The lowest BCUT2D eigenvalue weighted by atomic mass is 10.2. The molecule has 0 aliphatic carbocycles. The molecule has 6 nitrogen and oxygen atoms in total. The number of carbonyl (C=O) groups excluding carboxylic acids is 1. The van der Waals surface area contributed by atoms with E-state index in [0.717, 1.165) is 16.9 Å². The predicted octanol–water partition coefficient (Wildman–Crippen LogP) is 3.90. The van der Waals surface area contributed by atoms with Crippen molar-refractivity contribution in [3.05, 3.63) is 71.9 Å². The maximum Gasteiger partial charge on any atom is 0.270 e. The highest BCUT2D eigenvalue weighted by Crippen LogP contribution is 2.19. The molecule has 1 heterocycles. The van der Waals surface area contributed by atoms with Gasteiger partial charge in [-0.25, -0.2) is 9.97 Å². The monoisotopic (exact) mass is 376 g/mol. The summed E-state index contributed by atoms with van der Waals surface area (Å²) in [6.45, 7) is 4.39. The zero-order valence-corrected chi connectivity index (χ0v) is 16.3. The number of hydrogen-bond donors (Lipinski definition) is 2. The molecule has 3 rings (SSSR count). The van der Waals surface area contributed by atoms with Crippen LogP contribution in [0.2, 0.25) is 0 Å². The minimum Gasteiger partial charge on any atom is -0.496 e. The highest BCUT2D eigenvalue weighted by molar-refractivity contribution is 5.93. The van der Waals surface area contributed by atoms with E-state index in [1.165, 1.54) is 0 Å².